The summed E-state index contributed by atoms with van der Waals surface area (Å²) in [4.78, 5) is 32.3. The van der Waals surface area contributed by atoms with Crippen molar-refractivity contribution < 1.29 is 9.53 Å². The molecule has 1 amide bonds. The van der Waals surface area contributed by atoms with Crippen LogP contribution in [-0.4, -0.2) is 50.2 Å². The number of likely N-dealkylation sites (tertiary alicyclic amines) is 1. The van der Waals surface area contributed by atoms with Gasteiger partial charge in [-0.3, -0.25) is 9.78 Å². The van der Waals surface area contributed by atoms with Gasteiger partial charge in [-0.1, -0.05) is 24.8 Å². The highest BCUT2D eigenvalue weighted by Crippen LogP contribution is 2.28. The Morgan fingerprint density at radius 1 is 1.39 bits per heavy atom. The molecule has 2 aromatic heterocycles. The van der Waals surface area contributed by atoms with Crippen LogP contribution < -0.4 is 10.4 Å². The third kappa shape index (κ3) is 3.53. The minimum absolute atomic E-state index is 0.0319. The summed E-state index contributed by atoms with van der Waals surface area (Å²) in [5.74, 6) is 0.811. The summed E-state index contributed by atoms with van der Waals surface area (Å²) in [5.41, 5.74) is 0.136. The molecule has 28 heavy (non-hydrogen) atoms. The minimum Gasteiger partial charge on any atom is -0.477 e. The van der Waals surface area contributed by atoms with E-state index in [1.54, 1.807) is 0 Å². The number of hydrogen-bond donors (Lipinski definition) is 2. The first-order valence-electron chi connectivity index (χ1n) is 9.26. The van der Waals surface area contributed by atoms with Crippen molar-refractivity contribution in [2.75, 3.05) is 13.2 Å². The number of pyridine rings is 1. The first-order valence-corrected chi connectivity index (χ1v) is 9.26. The fourth-order valence-corrected chi connectivity index (χ4v) is 3.62. The molecule has 2 N–H and O–H groups in total. The molecule has 4 rings (SSSR count). The number of carbonyl (C=O) groups is 1. The molecule has 3 aromatic rings. The Kier molecular flexibility index (Phi) is 4.92. The van der Waals surface area contributed by atoms with Crippen molar-refractivity contribution in [2.45, 2.75) is 25.3 Å². The number of carbonyl (C=O) groups excluding carboxylic acids is 1. The Labute approximate surface area is 161 Å². The molecule has 0 saturated carbocycles. The van der Waals surface area contributed by atoms with Gasteiger partial charge in [-0.25, -0.2) is 14.9 Å². The highest BCUT2D eigenvalue weighted by Gasteiger charge is 2.27. The molecule has 0 unspecified atom stereocenters. The predicted octanol–water partition coefficient (Wildman–Crippen LogP) is 2.26. The summed E-state index contributed by atoms with van der Waals surface area (Å²) < 4.78 is 6.01. The van der Waals surface area contributed by atoms with Gasteiger partial charge in [0.15, 0.2) is 5.82 Å². The van der Waals surface area contributed by atoms with Gasteiger partial charge in [-0.05, 0) is 36.4 Å². The van der Waals surface area contributed by atoms with Gasteiger partial charge < -0.3 is 9.64 Å². The highest BCUT2D eigenvalue weighted by molar-refractivity contribution is 5.89. The van der Waals surface area contributed by atoms with Crippen molar-refractivity contribution >= 4 is 16.7 Å². The van der Waals surface area contributed by atoms with Gasteiger partial charge in [0.1, 0.15) is 5.69 Å². The van der Waals surface area contributed by atoms with Crippen molar-refractivity contribution in [1.29, 1.82) is 0 Å². The number of amides is 1. The lowest BCUT2D eigenvalue weighted by molar-refractivity contribution is -0.126. The monoisotopic (exact) mass is 379 g/mol. The van der Waals surface area contributed by atoms with Crippen LogP contribution in [0.5, 0.6) is 5.88 Å². The molecular weight excluding hydrogens is 358 g/mol. The maximum absolute atomic E-state index is 12.0. The maximum Gasteiger partial charge on any atom is 0.340 e. The number of rotatable bonds is 6. The molecule has 0 bridgehead atoms. The summed E-state index contributed by atoms with van der Waals surface area (Å²) in [6.07, 6.45) is 4.04. The number of aromatic amines is 2. The molecule has 144 valence electrons. The Bertz CT molecular complexity index is 1070. The Morgan fingerprint density at radius 3 is 3.04 bits per heavy atom. The summed E-state index contributed by atoms with van der Waals surface area (Å²) in [7, 11) is 0. The molecule has 0 radical (unpaired) electrons. The third-order valence-corrected chi connectivity index (χ3v) is 4.97. The first-order chi connectivity index (χ1) is 13.7. The normalized spacial score (nSPS) is 16.4. The lowest BCUT2D eigenvalue weighted by atomic mass is 10.1. The van der Waals surface area contributed by atoms with E-state index in [2.05, 4.69) is 26.7 Å². The number of aromatic nitrogens is 4. The Morgan fingerprint density at radius 2 is 2.25 bits per heavy atom. The third-order valence-electron chi connectivity index (χ3n) is 4.97. The van der Waals surface area contributed by atoms with E-state index in [9.17, 15) is 9.59 Å². The summed E-state index contributed by atoms with van der Waals surface area (Å²) in [6.45, 7) is 4.77. The van der Waals surface area contributed by atoms with E-state index >= 15 is 0 Å². The molecule has 1 atom stereocenters. The number of nitrogens with one attached hydrogen (secondary N) is 2. The second-order valence-corrected chi connectivity index (χ2v) is 6.73. The topological polar surface area (TPSA) is 104 Å². The van der Waals surface area contributed by atoms with Gasteiger partial charge in [-0.15, -0.1) is 0 Å². The number of nitrogens with zero attached hydrogens (tertiary/aromatic N) is 3. The molecule has 8 nitrogen and oxygen atoms in total. The SMILES string of the molecule is C=CC(=O)N1CCC[C@H]1CCOc1nc(-c2n[nH]c(=O)[nH]2)cc2ccccc12. The van der Waals surface area contributed by atoms with Gasteiger partial charge in [0.05, 0.1) is 6.61 Å². The number of ether oxygens (including phenoxy) is 1. The smallest absolute Gasteiger partial charge is 0.340 e. The fourth-order valence-electron chi connectivity index (χ4n) is 3.62. The van der Waals surface area contributed by atoms with Crippen molar-refractivity contribution in [3.63, 3.8) is 0 Å². The van der Waals surface area contributed by atoms with E-state index in [0.29, 0.717) is 24.0 Å². The van der Waals surface area contributed by atoms with Crippen LogP contribution in [0.2, 0.25) is 0 Å². The number of fused-ring (bicyclic) bond motifs is 1. The molecule has 3 heterocycles. The van der Waals surface area contributed by atoms with Crippen LogP contribution >= 0.6 is 0 Å². The van der Waals surface area contributed by atoms with Crippen molar-refractivity contribution in [3.05, 3.63) is 53.5 Å². The quantitative estimate of drug-likeness (QED) is 0.640. The van der Waals surface area contributed by atoms with Gasteiger partial charge in [-0.2, -0.15) is 5.10 Å². The summed E-state index contributed by atoms with van der Waals surface area (Å²) >= 11 is 0. The molecule has 0 spiro atoms. The predicted molar refractivity (Wildman–Crippen MR) is 105 cm³/mol. The average Bonchev–Trinajstić information content (AvgIpc) is 3.36. The summed E-state index contributed by atoms with van der Waals surface area (Å²) in [5, 5.41) is 8.12. The number of benzene rings is 1. The molecule has 1 aliphatic heterocycles. The number of hydrogen-bond acceptors (Lipinski definition) is 5. The molecule has 1 aromatic carbocycles. The highest BCUT2D eigenvalue weighted by atomic mass is 16.5. The van der Waals surface area contributed by atoms with Crippen LogP contribution in [0.25, 0.3) is 22.3 Å². The van der Waals surface area contributed by atoms with E-state index < -0.39 is 0 Å². The number of H-pyrrole nitrogens is 2. The van der Waals surface area contributed by atoms with Crippen molar-refractivity contribution in [1.82, 2.24) is 25.1 Å². The zero-order valence-electron chi connectivity index (χ0n) is 15.4. The van der Waals surface area contributed by atoms with Crippen molar-refractivity contribution in [2.24, 2.45) is 0 Å². The Hall–Kier alpha value is -3.42. The lowest BCUT2D eigenvalue weighted by Gasteiger charge is -2.23. The zero-order valence-corrected chi connectivity index (χ0v) is 15.4. The van der Waals surface area contributed by atoms with Crippen LogP contribution in [0, 0.1) is 0 Å². The van der Waals surface area contributed by atoms with Crippen LogP contribution in [0.15, 0.2) is 47.8 Å². The van der Waals surface area contributed by atoms with E-state index in [1.165, 1.54) is 6.08 Å². The van der Waals surface area contributed by atoms with Gasteiger partial charge in [0, 0.05) is 24.4 Å². The second-order valence-electron chi connectivity index (χ2n) is 6.73. The van der Waals surface area contributed by atoms with E-state index in [-0.39, 0.29) is 17.6 Å². The molecular formula is C20H21N5O3. The van der Waals surface area contributed by atoms with Crippen LogP contribution in [-0.2, 0) is 4.79 Å². The average molecular weight is 379 g/mol. The fraction of sp³-hybridized carbons (Fsp3) is 0.300. The second kappa shape index (κ2) is 7.67. The van der Waals surface area contributed by atoms with Crippen LogP contribution in [0.4, 0.5) is 0 Å². The van der Waals surface area contributed by atoms with Gasteiger partial charge in [0.25, 0.3) is 0 Å². The van der Waals surface area contributed by atoms with Crippen LogP contribution in [0.1, 0.15) is 19.3 Å². The molecule has 1 saturated heterocycles. The molecule has 1 aliphatic rings. The molecule has 0 aliphatic carbocycles. The van der Waals surface area contributed by atoms with Crippen LogP contribution in [0.3, 0.4) is 0 Å². The maximum atomic E-state index is 12.0. The molecule has 8 heteroatoms. The first kappa shape index (κ1) is 18.0. The van der Waals surface area contributed by atoms with Gasteiger partial charge in [0.2, 0.25) is 11.8 Å². The van der Waals surface area contributed by atoms with E-state index in [1.807, 2.05) is 35.2 Å². The minimum atomic E-state index is -0.388. The van der Waals surface area contributed by atoms with E-state index in [4.69, 9.17) is 4.74 Å². The lowest BCUT2D eigenvalue weighted by Crippen LogP contribution is -2.35. The zero-order chi connectivity index (χ0) is 19.5. The molecule has 1 fully saturated rings. The van der Waals surface area contributed by atoms with E-state index in [0.717, 1.165) is 36.6 Å². The standard InChI is InChI=1S/C20H21N5O3/c1-2-17(26)25-10-5-7-14(25)9-11-28-19-15-8-4-3-6-13(15)12-16(21-19)18-22-20(27)24-23-18/h2-4,6,8,12,14H,1,5,7,9-11H2,(H2,22,23,24,27)/t14-/m0/s1. The van der Waals surface area contributed by atoms with Crippen molar-refractivity contribution in [3.8, 4) is 17.4 Å². The Balaban J connectivity index is 1.55. The largest absolute Gasteiger partial charge is 0.477 e. The van der Waals surface area contributed by atoms with Gasteiger partial charge >= 0.3 is 5.69 Å². The summed E-state index contributed by atoms with van der Waals surface area (Å²) in [6, 6.07) is 9.77.